The molecule has 3 aromatic rings. The lowest BCUT2D eigenvalue weighted by Gasteiger charge is -2.32. The molecule has 0 amide bonds. The fraction of sp³-hybridized carbons (Fsp3) is 0.435. The molecule has 0 radical (unpaired) electrons. The summed E-state index contributed by atoms with van der Waals surface area (Å²) in [5.74, 6) is 2.37. The van der Waals surface area contributed by atoms with Gasteiger partial charge in [-0.3, -0.25) is 0 Å². The van der Waals surface area contributed by atoms with Gasteiger partial charge in [0, 0.05) is 18.7 Å². The van der Waals surface area contributed by atoms with Gasteiger partial charge in [0.25, 0.3) is 0 Å². The van der Waals surface area contributed by atoms with Crippen LogP contribution in [0.25, 0.3) is 22.4 Å². The van der Waals surface area contributed by atoms with E-state index < -0.39 is 0 Å². The first-order valence-corrected chi connectivity index (χ1v) is 11.0. The van der Waals surface area contributed by atoms with Gasteiger partial charge < -0.3 is 19.9 Å². The molecule has 2 N–H and O–H groups in total. The Hall–Kier alpha value is -1.94. The number of H-pyrrole nitrogens is 1. The number of imidazole rings is 1. The van der Waals surface area contributed by atoms with Crippen LogP contribution in [0.1, 0.15) is 29.9 Å². The third-order valence-electron chi connectivity index (χ3n) is 6.05. The molecule has 0 bridgehead atoms. The minimum Gasteiger partial charge on any atom is -0.497 e. The van der Waals surface area contributed by atoms with Crippen molar-refractivity contribution in [3.05, 3.63) is 41.5 Å². The molecule has 1 fully saturated rings. The first-order valence-electron chi connectivity index (χ1n) is 10.4. The molecule has 1 unspecified atom stereocenters. The Kier molecular flexibility index (Phi) is 6.19. The lowest BCUT2D eigenvalue weighted by atomic mass is 9.88. The molecule has 5 nitrogen and oxygen atoms in total. The Balaban J connectivity index is 1.60. The molecule has 4 rings (SSSR count). The maximum atomic E-state index is 5.40. The molecular weight excluding hydrogens is 379 g/mol. The molecule has 0 saturated carbocycles. The summed E-state index contributed by atoms with van der Waals surface area (Å²) in [6.07, 6.45) is 2.45. The average molecular weight is 411 g/mol. The molecule has 29 heavy (non-hydrogen) atoms. The Morgan fingerprint density at radius 1 is 1.24 bits per heavy atom. The normalized spacial score (nSPS) is 15.9. The Morgan fingerprint density at radius 3 is 2.76 bits per heavy atom. The Morgan fingerprint density at radius 2 is 2.03 bits per heavy atom. The van der Waals surface area contributed by atoms with E-state index in [1.165, 1.54) is 37.1 Å². The lowest BCUT2D eigenvalue weighted by Crippen LogP contribution is -2.37. The fourth-order valence-electron chi connectivity index (χ4n) is 4.31. The average Bonchev–Trinajstić information content (AvgIpc) is 3.17. The monoisotopic (exact) mass is 410 g/mol. The summed E-state index contributed by atoms with van der Waals surface area (Å²) in [5, 5.41) is 4.36. The van der Waals surface area contributed by atoms with Crippen LogP contribution in [0.2, 0.25) is 0 Å². The third-order valence-corrected chi connectivity index (χ3v) is 6.56. The van der Waals surface area contributed by atoms with Crippen molar-refractivity contribution in [3.8, 4) is 17.1 Å². The van der Waals surface area contributed by atoms with E-state index in [-0.39, 0.29) is 0 Å². The quantitative estimate of drug-likeness (QED) is 0.612. The number of rotatable bonds is 6. The fourth-order valence-corrected chi connectivity index (χ4v) is 4.63. The van der Waals surface area contributed by atoms with Crippen LogP contribution in [0.5, 0.6) is 5.75 Å². The molecule has 1 saturated heterocycles. The van der Waals surface area contributed by atoms with E-state index >= 15 is 0 Å². The second kappa shape index (κ2) is 8.83. The van der Waals surface area contributed by atoms with Crippen molar-refractivity contribution in [2.24, 2.45) is 0 Å². The number of ether oxygens (including phenoxy) is 1. The lowest BCUT2D eigenvalue weighted by molar-refractivity contribution is 0.214. The Bertz CT molecular complexity index is 992. The van der Waals surface area contributed by atoms with E-state index in [1.807, 2.05) is 25.2 Å². The van der Waals surface area contributed by atoms with E-state index in [0.29, 0.717) is 5.92 Å². The van der Waals surface area contributed by atoms with Gasteiger partial charge in [0.05, 0.1) is 18.1 Å². The highest BCUT2D eigenvalue weighted by molar-refractivity contribution is 7.28. The predicted octanol–water partition coefficient (Wildman–Crippen LogP) is 3.45. The number of likely N-dealkylation sites (N-methyl/N-ethyl adjacent to an activating group) is 1. The molecule has 0 aliphatic carbocycles. The zero-order valence-corrected chi connectivity index (χ0v) is 18.7. The number of nitrogens with one attached hydrogen (secondary N) is 2. The SMILES string of the molecule is CNCCN1CCC(c2cc(C)c3nc(-c4cc(OC)ccc4P)[nH]c3c2)CC1. The molecule has 154 valence electrons. The van der Waals surface area contributed by atoms with E-state index in [0.717, 1.165) is 46.6 Å². The van der Waals surface area contributed by atoms with Crippen molar-refractivity contribution < 1.29 is 4.74 Å². The van der Waals surface area contributed by atoms with E-state index in [1.54, 1.807) is 7.11 Å². The second-order valence-corrected chi connectivity index (χ2v) is 8.61. The molecule has 0 spiro atoms. The van der Waals surface area contributed by atoms with Gasteiger partial charge in [-0.1, -0.05) is 12.1 Å². The van der Waals surface area contributed by atoms with Gasteiger partial charge in [0.2, 0.25) is 0 Å². The summed E-state index contributed by atoms with van der Waals surface area (Å²) < 4.78 is 5.40. The third kappa shape index (κ3) is 4.32. The van der Waals surface area contributed by atoms with Gasteiger partial charge in [0.15, 0.2) is 0 Å². The first kappa shape index (κ1) is 20.3. The van der Waals surface area contributed by atoms with Gasteiger partial charge in [-0.2, -0.15) is 0 Å². The minimum absolute atomic E-state index is 0.629. The van der Waals surface area contributed by atoms with Gasteiger partial charge in [-0.15, -0.1) is 9.24 Å². The summed E-state index contributed by atoms with van der Waals surface area (Å²) in [4.78, 5) is 11.0. The van der Waals surface area contributed by atoms with E-state index in [4.69, 9.17) is 9.72 Å². The molecule has 6 heteroatoms. The van der Waals surface area contributed by atoms with Gasteiger partial charge >= 0.3 is 0 Å². The largest absolute Gasteiger partial charge is 0.497 e. The van der Waals surface area contributed by atoms with Crippen molar-refractivity contribution in [1.29, 1.82) is 0 Å². The zero-order valence-electron chi connectivity index (χ0n) is 17.6. The number of aromatic nitrogens is 2. The van der Waals surface area contributed by atoms with Crippen LogP contribution in [0, 0.1) is 6.92 Å². The molecule has 1 aliphatic rings. The van der Waals surface area contributed by atoms with Crippen LogP contribution >= 0.6 is 9.24 Å². The van der Waals surface area contributed by atoms with Gasteiger partial charge in [0.1, 0.15) is 11.6 Å². The Labute approximate surface area is 175 Å². The standard InChI is InChI=1S/C23H31N4OP/c1-15-12-17(16-6-9-27(10-7-16)11-8-24-2)13-20-22(15)26-23(25-20)19-14-18(28-3)4-5-21(19)29/h4-5,12-14,16,24H,6-11,29H2,1-3H3,(H,25,26). The van der Waals surface area contributed by atoms with Crippen LogP contribution in [0.15, 0.2) is 30.3 Å². The number of fused-ring (bicyclic) bond motifs is 1. The van der Waals surface area contributed by atoms with Gasteiger partial charge in [-0.25, -0.2) is 4.98 Å². The summed E-state index contributed by atoms with van der Waals surface area (Å²) in [6, 6.07) is 10.7. The number of nitrogens with zero attached hydrogens (tertiary/aromatic N) is 2. The van der Waals surface area contributed by atoms with Gasteiger partial charge in [-0.05, 0) is 80.5 Å². The number of likely N-dealkylation sites (tertiary alicyclic amines) is 1. The molecular formula is C23H31N4OP. The molecule has 1 aliphatic heterocycles. The minimum atomic E-state index is 0.629. The van der Waals surface area contributed by atoms with Crippen molar-refractivity contribution in [2.45, 2.75) is 25.7 Å². The van der Waals surface area contributed by atoms with Crippen LogP contribution in [-0.2, 0) is 0 Å². The second-order valence-electron chi connectivity index (χ2n) is 7.99. The van der Waals surface area contributed by atoms with Crippen molar-refractivity contribution >= 4 is 25.6 Å². The highest BCUT2D eigenvalue weighted by atomic mass is 31.0. The number of hydrogen-bond donors (Lipinski definition) is 2. The van der Waals surface area contributed by atoms with E-state index in [2.05, 4.69) is 43.5 Å². The van der Waals surface area contributed by atoms with E-state index in [9.17, 15) is 0 Å². The maximum absolute atomic E-state index is 5.40. The molecule has 1 aromatic heterocycles. The number of aromatic amines is 1. The summed E-state index contributed by atoms with van der Waals surface area (Å²) in [7, 11) is 6.51. The number of piperidine rings is 1. The van der Waals surface area contributed by atoms with Crippen LogP contribution in [-0.4, -0.2) is 55.2 Å². The smallest absolute Gasteiger partial charge is 0.139 e. The number of methoxy groups -OCH3 is 1. The topological polar surface area (TPSA) is 53.2 Å². The maximum Gasteiger partial charge on any atom is 0.139 e. The summed E-state index contributed by atoms with van der Waals surface area (Å²) >= 11 is 0. The molecule has 2 aromatic carbocycles. The number of benzene rings is 2. The van der Waals surface area contributed by atoms with Crippen LogP contribution in [0.3, 0.4) is 0 Å². The predicted molar refractivity (Wildman–Crippen MR) is 125 cm³/mol. The van der Waals surface area contributed by atoms with Crippen molar-refractivity contribution in [2.75, 3.05) is 40.3 Å². The summed E-state index contributed by atoms with van der Waals surface area (Å²) in [6.45, 7) is 6.74. The zero-order chi connectivity index (χ0) is 20.4. The van der Waals surface area contributed by atoms with Crippen molar-refractivity contribution in [1.82, 2.24) is 20.2 Å². The number of hydrogen-bond acceptors (Lipinski definition) is 4. The highest BCUT2D eigenvalue weighted by Gasteiger charge is 2.21. The van der Waals surface area contributed by atoms with Crippen molar-refractivity contribution in [3.63, 3.8) is 0 Å². The van der Waals surface area contributed by atoms with Crippen LogP contribution < -0.4 is 15.4 Å². The van der Waals surface area contributed by atoms with Crippen LogP contribution in [0.4, 0.5) is 0 Å². The number of aryl methyl sites for hydroxylation is 1. The molecule has 1 atom stereocenters. The highest BCUT2D eigenvalue weighted by Crippen LogP contribution is 2.32. The summed E-state index contributed by atoms with van der Waals surface area (Å²) in [5.41, 5.74) is 5.92. The molecule has 2 heterocycles. The first-order chi connectivity index (χ1) is 14.1.